The van der Waals surface area contributed by atoms with E-state index in [1.165, 1.54) is 5.69 Å². The Hall–Kier alpha value is -1.66. The standard InChI is InChI=1S/C15H21N5S/c1-2-13(16)14-4-3-12(11-18-14)19-6-8-20(9-7-19)15-17-5-10-21-15/h3-5,10-11,13H,2,6-9,16H2,1H3. The van der Waals surface area contributed by atoms with Gasteiger partial charge in [-0.15, -0.1) is 11.3 Å². The lowest BCUT2D eigenvalue weighted by Crippen LogP contribution is -2.46. The SMILES string of the molecule is CCC(N)c1ccc(N2CCN(c3nccs3)CC2)cn1. The maximum absolute atomic E-state index is 6.01. The number of nitrogens with two attached hydrogens (primary N) is 1. The van der Waals surface area contributed by atoms with Crippen molar-refractivity contribution >= 4 is 22.2 Å². The van der Waals surface area contributed by atoms with Gasteiger partial charge in [0, 0.05) is 43.8 Å². The van der Waals surface area contributed by atoms with E-state index in [-0.39, 0.29) is 6.04 Å². The highest BCUT2D eigenvalue weighted by Gasteiger charge is 2.19. The number of aromatic nitrogens is 2. The van der Waals surface area contributed by atoms with Crippen LogP contribution in [-0.2, 0) is 0 Å². The van der Waals surface area contributed by atoms with E-state index in [9.17, 15) is 0 Å². The number of nitrogens with zero attached hydrogens (tertiary/aromatic N) is 4. The highest BCUT2D eigenvalue weighted by atomic mass is 32.1. The van der Waals surface area contributed by atoms with Crippen molar-refractivity contribution in [3.8, 4) is 0 Å². The average molecular weight is 303 g/mol. The van der Waals surface area contributed by atoms with Crippen molar-refractivity contribution in [3.63, 3.8) is 0 Å². The van der Waals surface area contributed by atoms with E-state index >= 15 is 0 Å². The minimum atomic E-state index is 0.0424. The van der Waals surface area contributed by atoms with Crippen LogP contribution in [-0.4, -0.2) is 36.1 Å². The summed E-state index contributed by atoms with van der Waals surface area (Å²) in [6.07, 6.45) is 4.73. The maximum atomic E-state index is 6.01. The van der Waals surface area contributed by atoms with Crippen LogP contribution in [0.1, 0.15) is 25.1 Å². The quantitative estimate of drug-likeness (QED) is 0.939. The molecule has 3 heterocycles. The number of anilines is 2. The van der Waals surface area contributed by atoms with Crippen molar-refractivity contribution in [2.24, 2.45) is 5.73 Å². The van der Waals surface area contributed by atoms with E-state index in [1.54, 1.807) is 11.3 Å². The van der Waals surface area contributed by atoms with E-state index in [0.29, 0.717) is 0 Å². The summed E-state index contributed by atoms with van der Waals surface area (Å²) in [6.45, 7) is 6.09. The van der Waals surface area contributed by atoms with Gasteiger partial charge in [0.1, 0.15) is 0 Å². The number of pyridine rings is 1. The molecule has 21 heavy (non-hydrogen) atoms. The molecule has 0 amide bonds. The van der Waals surface area contributed by atoms with Gasteiger partial charge in [0.05, 0.1) is 17.6 Å². The number of piperazine rings is 1. The van der Waals surface area contributed by atoms with Crippen LogP contribution in [0.2, 0.25) is 0 Å². The van der Waals surface area contributed by atoms with Gasteiger partial charge >= 0.3 is 0 Å². The first kappa shape index (κ1) is 14.3. The van der Waals surface area contributed by atoms with Crippen molar-refractivity contribution in [3.05, 3.63) is 35.6 Å². The highest BCUT2D eigenvalue weighted by Crippen LogP contribution is 2.22. The van der Waals surface area contributed by atoms with Crippen LogP contribution >= 0.6 is 11.3 Å². The maximum Gasteiger partial charge on any atom is 0.185 e. The molecule has 1 fully saturated rings. The predicted molar refractivity (Wildman–Crippen MR) is 88.0 cm³/mol. The van der Waals surface area contributed by atoms with E-state index in [4.69, 9.17) is 5.73 Å². The molecule has 6 heteroatoms. The Morgan fingerprint density at radius 1 is 1.19 bits per heavy atom. The summed E-state index contributed by atoms with van der Waals surface area (Å²) in [5.41, 5.74) is 8.16. The molecular weight excluding hydrogens is 282 g/mol. The number of thiazole rings is 1. The fourth-order valence-electron chi connectivity index (χ4n) is 2.54. The van der Waals surface area contributed by atoms with Gasteiger partial charge < -0.3 is 15.5 Å². The molecule has 112 valence electrons. The van der Waals surface area contributed by atoms with Crippen molar-refractivity contribution in [1.82, 2.24) is 9.97 Å². The number of hydrogen-bond acceptors (Lipinski definition) is 6. The largest absolute Gasteiger partial charge is 0.367 e. The molecule has 1 aliphatic heterocycles. The van der Waals surface area contributed by atoms with Gasteiger partial charge in [-0.3, -0.25) is 4.98 Å². The van der Waals surface area contributed by atoms with Crippen molar-refractivity contribution < 1.29 is 0 Å². The zero-order chi connectivity index (χ0) is 14.7. The molecule has 0 saturated carbocycles. The van der Waals surface area contributed by atoms with E-state index in [0.717, 1.165) is 43.4 Å². The van der Waals surface area contributed by atoms with Crippen LogP contribution in [0.25, 0.3) is 0 Å². The van der Waals surface area contributed by atoms with Crippen LogP contribution in [0.5, 0.6) is 0 Å². The summed E-state index contributed by atoms with van der Waals surface area (Å²) < 4.78 is 0. The van der Waals surface area contributed by atoms with Gasteiger partial charge in [-0.25, -0.2) is 4.98 Å². The molecule has 0 spiro atoms. The fraction of sp³-hybridized carbons (Fsp3) is 0.467. The fourth-order valence-corrected chi connectivity index (χ4v) is 3.24. The Bertz CT molecular complexity index is 546. The van der Waals surface area contributed by atoms with Crippen molar-refractivity contribution in [2.45, 2.75) is 19.4 Å². The number of hydrogen-bond donors (Lipinski definition) is 1. The molecule has 2 N–H and O–H groups in total. The Labute approximate surface area is 129 Å². The molecule has 1 unspecified atom stereocenters. The Kier molecular flexibility index (Phi) is 4.36. The normalized spacial score (nSPS) is 17.0. The lowest BCUT2D eigenvalue weighted by Gasteiger charge is -2.35. The summed E-state index contributed by atoms with van der Waals surface area (Å²) in [7, 11) is 0. The minimum Gasteiger partial charge on any atom is -0.367 e. The van der Waals surface area contributed by atoms with Crippen molar-refractivity contribution in [1.29, 1.82) is 0 Å². The first-order valence-corrected chi connectivity index (χ1v) is 8.27. The molecule has 2 aromatic heterocycles. The van der Waals surface area contributed by atoms with Crippen LogP contribution in [0, 0.1) is 0 Å². The molecule has 0 bridgehead atoms. The third-order valence-electron chi connectivity index (χ3n) is 3.93. The molecule has 3 rings (SSSR count). The average Bonchev–Trinajstić information content (AvgIpc) is 3.09. The second-order valence-corrected chi connectivity index (χ2v) is 6.12. The summed E-state index contributed by atoms with van der Waals surface area (Å²) in [4.78, 5) is 13.6. The topological polar surface area (TPSA) is 58.3 Å². The van der Waals surface area contributed by atoms with Crippen molar-refractivity contribution in [2.75, 3.05) is 36.0 Å². The lowest BCUT2D eigenvalue weighted by molar-refractivity contribution is 0.647. The number of rotatable bonds is 4. The summed E-state index contributed by atoms with van der Waals surface area (Å²) in [5, 5.41) is 3.15. The molecular formula is C15H21N5S. The molecule has 2 aromatic rings. The minimum absolute atomic E-state index is 0.0424. The van der Waals surface area contributed by atoms with Crippen LogP contribution in [0.3, 0.4) is 0 Å². The lowest BCUT2D eigenvalue weighted by atomic mass is 10.1. The van der Waals surface area contributed by atoms with Gasteiger partial charge in [0.2, 0.25) is 0 Å². The van der Waals surface area contributed by atoms with Gasteiger partial charge in [0.15, 0.2) is 5.13 Å². The smallest absolute Gasteiger partial charge is 0.185 e. The first-order chi connectivity index (χ1) is 10.3. The van der Waals surface area contributed by atoms with Crippen LogP contribution in [0.4, 0.5) is 10.8 Å². The van der Waals surface area contributed by atoms with Gasteiger partial charge in [-0.05, 0) is 18.6 Å². The van der Waals surface area contributed by atoms with E-state index in [1.807, 2.05) is 17.8 Å². The monoisotopic (exact) mass is 303 g/mol. The van der Waals surface area contributed by atoms with Gasteiger partial charge in [0.25, 0.3) is 0 Å². The highest BCUT2D eigenvalue weighted by molar-refractivity contribution is 7.13. The Balaban J connectivity index is 1.61. The third kappa shape index (κ3) is 3.16. The zero-order valence-electron chi connectivity index (χ0n) is 12.3. The predicted octanol–water partition coefficient (Wildman–Crippen LogP) is 2.27. The van der Waals surface area contributed by atoms with Gasteiger partial charge in [-0.2, -0.15) is 0 Å². The van der Waals surface area contributed by atoms with E-state index in [2.05, 4.69) is 38.8 Å². The van der Waals surface area contributed by atoms with Gasteiger partial charge in [-0.1, -0.05) is 6.92 Å². The Morgan fingerprint density at radius 3 is 2.52 bits per heavy atom. The molecule has 1 atom stereocenters. The second kappa shape index (κ2) is 6.41. The summed E-state index contributed by atoms with van der Waals surface area (Å²) in [5.74, 6) is 0. The molecule has 5 nitrogen and oxygen atoms in total. The molecule has 0 aliphatic carbocycles. The first-order valence-electron chi connectivity index (χ1n) is 7.39. The van der Waals surface area contributed by atoms with Crippen LogP contribution in [0.15, 0.2) is 29.9 Å². The molecule has 0 radical (unpaired) electrons. The Morgan fingerprint density at radius 2 is 1.95 bits per heavy atom. The van der Waals surface area contributed by atoms with Crippen LogP contribution < -0.4 is 15.5 Å². The molecule has 0 aromatic carbocycles. The third-order valence-corrected chi connectivity index (χ3v) is 4.76. The van der Waals surface area contributed by atoms with E-state index < -0.39 is 0 Å². The molecule has 1 saturated heterocycles. The summed E-state index contributed by atoms with van der Waals surface area (Å²) in [6, 6.07) is 4.23. The summed E-state index contributed by atoms with van der Waals surface area (Å²) >= 11 is 1.70. The second-order valence-electron chi connectivity index (χ2n) is 5.24. The zero-order valence-corrected chi connectivity index (χ0v) is 13.1. The molecule has 1 aliphatic rings.